The van der Waals surface area contributed by atoms with Crippen LogP contribution in [0, 0.1) is 0 Å². The standard InChI is InChI=1S/C13H21N3O2/c1-5-7-15(9-10-17)11-12(18)16(8-6-14-11)13(2,3)4/h5-6,8,17H,1,7,9-10H2,2-4H3. The van der Waals surface area contributed by atoms with Crippen LogP contribution >= 0.6 is 0 Å². The van der Waals surface area contributed by atoms with Crippen LogP contribution in [-0.2, 0) is 5.54 Å². The second-order valence-electron chi connectivity index (χ2n) is 5.06. The maximum Gasteiger partial charge on any atom is 0.293 e. The minimum atomic E-state index is -0.298. The van der Waals surface area contributed by atoms with E-state index in [1.807, 2.05) is 20.8 Å². The summed E-state index contributed by atoms with van der Waals surface area (Å²) in [6.07, 6.45) is 4.97. The fourth-order valence-corrected chi connectivity index (χ4v) is 1.71. The Bertz CT molecular complexity index is 460. The summed E-state index contributed by atoms with van der Waals surface area (Å²) < 4.78 is 1.64. The number of anilines is 1. The summed E-state index contributed by atoms with van der Waals surface area (Å²) in [4.78, 5) is 18.2. The van der Waals surface area contributed by atoms with Crippen molar-refractivity contribution in [1.82, 2.24) is 9.55 Å². The Morgan fingerprint density at radius 2 is 2.22 bits per heavy atom. The van der Waals surface area contributed by atoms with Gasteiger partial charge in [0.25, 0.3) is 5.56 Å². The van der Waals surface area contributed by atoms with Crippen molar-refractivity contribution in [3.05, 3.63) is 35.4 Å². The molecule has 0 aliphatic heterocycles. The van der Waals surface area contributed by atoms with Crippen LogP contribution in [0.4, 0.5) is 5.82 Å². The smallest absolute Gasteiger partial charge is 0.293 e. The largest absolute Gasteiger partial charge is 0.395 e. The molecule has 0 saturated carbocycles. The van der Waals surface area contributed by atoms with Crippen molar-refractivity contribution >= 4 is 5.82 Å². The Labute approximate surface area is 107 Å². The van der Waals surface area contributed by atoms with Gasteiger partial charge in [0, 0.05) is 31.0 Å². The number of nitrogens with zero attached hydrogens (tertiary/aromatic N) is 3. The summed E-state index contributed by atoms with van der Waals surface area (Å²) in [6, 6.07) is 0. The Morgan fingerprint density at radius 1 is 1.56 bits per heavy atom. The third kappa shape index (κ3) is 3.20. The molecule has 1 aromatic heterocycles. The lowest BCUT2D eigenvalue weighted by Gasteiger charge is -2.25. The molecule has 100 valence electrons. The molecule has 0 aliphatic rings. The van der Waals surface area contributed by atoms with Crippen molar-refractivity contribution in [2.24, 2.45) is 0 Å². The van der Waals surface area contributed by atoms with Crippen LogP contribution in [0.1, 0.15) is 20.8 Å². The number of aliphatic hydroxyl groups excluding tert-OH is 1. The highest BCUT2D eigenvalue weighted by Gasteiger charge is 2.19. The summed E-state index contributed by atoms with van der Waals surface area (Å²) in [6.45, 7) is 10.3. The molecule has 1 aromatic rings. The molecule has 1 heterocycles. The van der Waals surface area contributed by atoms with Crippen molar-refractivity contribution in [3.63, 3.8) is 0 Å². The number of rotatable bonds is 5. The van der Waals surface area contributed by atoms with Crippen molar-refractivity contribution in [2.75, 3.05) is 24.6 Å². The molecule has 0 unspecified atom stereocenters. The Hall–Kier alpha value is -1.62. The van der Waals surface area contributed by atoms with Crippen LogP contribution in [0.25, 0.3) is 0 Å². The second-order valence-corrected chi connectivity index (χ2v) is 5.06. The van der Waals surface area contributed by atoms with E-state index >= 15 is 0 Å². The minimum absolute atomic E-state index is 0.0284. The zero-order valence-electron chi connectivity index (χ0n) is 11.3. The molecular formula is C13H21N3O2. The Balaban J connectivity index is 3.24. The summed E-state index contributed by atoms with van der Waals surface area (Å²) >= 11 is 0. The molecule has 1 rings (SSSR count). The van der Waals surface area contributed by atoms with Gasteiger partial charge >= 0.3 is 0 Å². The van der Waals surface area contributed by atoms with Crippen molar-refractivity contribution < 1.29 is 5.11 Å². The van der Waals surface area contributed by atoms with Crippen molar-refractivity contribution in [2.45, 2.75) is 26.3 Å². The maximum absolute atomic E-state index is 12.3. The van der Waals surface area contributed by atoms with E-state index in [-0.39, 0.29) is 17.7 Å². The van der Waals surface area contributed by atoms with Gasteiger partial charge in [-0.05, 0) is 20.8 Å². The first-order chi connectivity index (χ1) is 8.41. The zero-order chi connectivity index (χ0) is 13.8. The van der Waals surface area contributed by atoms with Crippen molar-refractivity contribution in [3.8, 4) is 0 Å². The van der Waals surface area contributed by atoms with E-state index in [1.54, 1.807) is 27.9 Å². The molecule has 0 radical (unpaired) electrons. The Kier molecular flexibility index (Phi) is 4.67. The van der Waals surface area contributed by atoms with Crippen molar-refractivity contribution in [1.29, 1.82) is 0 Å². The molecule has 5 nitrogen and oxygen atoms in total. The van der Waals surface area contributed by atoms with Gasteiger partial charge in [-0.2, -0.15) is 0 Å². The van der Waals surface area contributed by atoms with Crippen LogP contribution in [0.2, 0.25) is 0 Å². The molecule has 0 atom stereocenters. The van der Waals surface area contributed by atoms with Gasteiger partial charge in [-0.25, -0.2) is 4.98 Å². The molecule has 18 heavy (non-hydrogen) atoms. The monoisotopic (exact) mass is 251 g/mol. The number of aromatic nitrogens is 2. The van der Waals surface area contributed by atoms with E-state index in [2.05, 4.69) is 11.6 Å². The molecule has 0 bridgehead atoms. The quantitative estimate of drug-likeness (QED) is 0.793. The minimum Gasteiger partial charge on any atom is -0.395 e. The first kappa shape index (κ1) is 14.4. The van der Waals surface area contributed by atoms with Gasteiger partial charge in [-0.3, -0.25) is 4.79 Å². The SMILES string of the molecule is C=CCN(CCO)c1nccn(C(C)(C)C)c1=O. The molecule has 0 aliphatic carbocycles. The predicted molar refractivity (Wildman–Crippen MR) is 73.0 cm³/mol. The molecular weight excluding hydrogens is 230 g/mol. The van der Waals surface area contributed by atoms with E-state index < -0.39 is 0 Å². The fourth-order valence-electron chi connectivity index (χ4n) is 1.71. The van der Waals surface area contributed by atoms with Crippen LogP contribution in [-0.4, -0.2) is 34.4 Å². The molecule has 5 heteroatoms. The normalized spacial score (nSPS) is 11.3. The molecule has 0 saturated heterocycles. The number of hydrogen-bond donors (Lipinski definition) is 1. The topological polar surface area (TPSA) is 58.4 Å². The van der Waals surface area contributed by atoms with Gasteiger partial charge in [-0.1, -0.05) is 6.08 Å². The summed E-state index contributed by atoms with van der Waals surface area (Å²) in [5, 5.41) is 9.03. The number of hydrogen-bond acceptors (Lipinski definition) is 4. The summed E-state index contributed by atoms with van der Waals surface area (Å²) in [5.41, 5.74) is -0.450. The van der Waals surface area contributed by atoms with Gasteiger partial charge < -0.3 is 14.6 Å². The molecule has 0 aromatic carbocycles. The summed E-state index contributed by atoms with van der Waals surface area (Å²) in [7, 11) is 0. The highest BCUT2D eigenvalue weighted by Crippen LogP contribution is 2.12. The second kappa shape index (κ2) is 5.82. The molecule has 0 fully saturated rings. The first-order valence-electron chi connectivity index (χ1n) is 5.96. The van der Waals surface area contributed by atoms with Gasteiger partial charge in [0.2, 0.25) is 0 Å². The van der Waals surface area contributed by atoms with Gasteiger partial charge in [0.1, 0.15) is 0 Å². The van der Waals surface area contributed by atoms with Crippen LogP contribution in [0.3, 0.4) is 0 Å². The maximum atomic E-state index is 12.3. The molecule has 0 amide bonds. The third-order valence-corrected chi connectivity index (χ3v) is 2.56. The lowest BCUT2D eigenvalue weighted by atomic mass is 10.1. The molecule has 1 N–H and O–H groups in total. The van der Waals surface area contributed by atoms with E-state index in [0.717, 1.165) is 0 Å². The van der Waals surface area contributed by atoms with Crippen LogP contribution in [0.15, 0.2) is 29.8 Å². The highest BCUT2D eigenvalue weighted by molar-refractivity contribution is 5.36. The average Bonchev–Trinajstić information content (AvgIpc) is 2.27. The Morgan fingerprint density at radius 3 is 2.72 bits per heavy atom. The molecule has 0 spiro atoms. The zero-order valence-corrected chi connectivity index (χ0v) is 11.3. The van der Waals surface area contributed by atoms with Gasteiger partial charge in [-0.15, -0.1) is 6.58 Å². The van der Waals surface area contributed by atoms with Gasteiger partial charge in [0.15, 0.2) is 5.82 Å². The predicted octanol–water partition coefficient (Wildman–Crippen LogP) is 0.983. The van der Waals surface area contributed by atoms with E-state index in [4.69, 9.17) is 5.11 Å². The average molecular weight is 251 g/mol. The van der Waals surface area contributed by atoms with Gasteiger partial charge in [0.05, 0.1) is 6.61 Å². The van der Waals surface area contributed by atoms with E-state index in [0.29, 0.717) is 18.9 Å². The van der Waals surface area contributed by atoms with Crippen LogP contribution < -0.4 is 10.5 Å². The number of aliphatic hydroxyl groups is 1. The lowest BCUT2D eigenvalue weighted by molar-refractivity contribution is 0.302. The third-order valence-electron chi connectivity index (χ3n) is 2.56. The summed E-state index contributed by atoms with van der Waals surface area (Å²) in [5.74, 6) is 0.348. The first-order valence-corrected chi connectivity index (χ1v) is 5.96. The van der Waals surface area contributed by atoms with Crippen LogP contribution in [0.5, 0.6) is 0 Å². The van der Waals surface area contributed by atoms with E-state index in [9.17, 15) is 4.79 Å². The van der Waals surface area contributed by atoms with E-state index in [1.165, 1.54) is 0 Å². The highest BCUT2D eigenvalue weighted by atomic mass is 16.3. The lowest BCUT2D eigenvalue weighted by Crippen LogP contribution is -2.39. The fraction of sp³-hybridized carbons (Fsp3) is 0.538.